The lowest BCUT2D eigenvalue weighted by Crippen LogP contribution is -2.15. The highest BCUT2D eigenvalue weighted by Crippen LogP contribution is 2.31. The Balaban J connectivity index is 1.64. The number of anilines is 2. The van der Waals surface area contributed by atoms with Crippen molar-refractivity contribution in [3.8, 4) is 0 Å². The van der Waals surface area contributed by atoms with E-state index in [-0.39, 0.29) is 28.9 Å². The van der Waals surface area contributed by atoms with Crippen molar-refractivity contribution in [1.82, 2.24) is 4.98 Å². The van der Waals surface area contributed by atoms with E-state index in [0.29, 0.717) is 16.4 Å². The first-order valence-corrected chi connectivity index (χ1v) is 10.1. The Morgan fingerprint density at radius 2 is 1.96 bits per heavy atom. The van der Waals surface area contributed by atoms with Crippen LogP contribution in [-0.4, -0.2) is 27.5 Å². The summed E-state index contributed by atoms with van der Waals surface area (Å²) in [4.78, 5) is 38.6. The Labute approximate surface area is 168 Å². The van der Waals surface area contributed by atoms with Gasteiger partial charge in [0.05, 0.1) is 20.9 Å². The van der Waals surface area contributed by atoms with Gasteiger partial charge in [0.2, 0.25) is 11.8 Å². The average molecular weight is 416 g/mol. The molecule has 2 amide bonds. The van der Waals surface area contributed by atoms with Crippen molar-refractivity contribution < 1.29 is 14.5 Å². The summed E-state index contributed by atoms with van der Waals surface area (Å²) in [6, 6.07) is 11.4. The van der Waals surface area contributed by atoms with Crippen LogP contribution in [0.1, 0.15) is 13.3 Å². The van der Waals surface area contributed by atoms with Crippen LogP contribution in [0.15, 0.2) is 46.8 Å². The number of rotatable bonds is 7. The highest BCUT2D eigenvalue weighted by Gasteiger charge is 2.15. The van der Waals surface area contributed by atoms with Gasteiger partial charge in [0.15, 0.2) is 4.34 Å². The normalized spacial score (nSPS) is 10.6. The third-order valence-electron chi connectivity index (χ3n) is 3.68. The van der Waals surface area contributed by atoms with E-state index < -0.39 is 4.92 Å². The Morgan fingerprint density at radius 3 is 2.71 bits per heavy atom. The molecule has 0 saturated carbocycles. The molecule has 0 aliphatic rings. The lowest BCUT2D eigenvalue weighted by atomic mass is 10.2. The van der Waals surface area contributed by atoms with E-state index in [0.717, 1.165) is 10.2 Å². The van der Waals surface area contributed by atoms with Crippen molar-refractivity contribution in [3.05, 3.63) is 52.6 Å². The third-order valence-corrected chi connectivity index (χ3v) is 5.84. The van der Waals surface area contributed by atoms with Gasteiger partial charge in [0.25, 0.3) is 5.69 Å². The van der Waals surface area contributed by atoms with Gasteiger partial charge in [-0.3, -0.25) is 19.7 Å². The minimum atomic E-state index is -0.537. The molecule has 0 unspecified atom stereocenters. The summed E-state index contributed by atoms with van der Waals surface area (Å²) in [7, 11) is 0. The average Bonchev–Trinajstić information content (AvgIpc) is 3.08. The largest absolute Gasteiger partial charge is 0.326 e. The van der Waals surface area contributed by atoms with Crippen LogP contribution in [0.25, 0.3) is 10.2 Å². The summed E-state index contributed by atoms with van der Waals surface area (Å²) < 4.78 is 1.60. The van der Waals surface area contributed by atoms with Gasteiger partial charge in [-0.05, 0) is 24.3 Å². The van der Waals surface area contributed by atoms with Crippen LogP contribution >= 0.6 is 23.1 Å². The molecule has 3 aromatic rings. The van der Waals surface area contributed by atoms with Gasteiger partial charge in [-0.1, -0.05) is 30.8 Å². The van der Waals surface area contributed by atoms with Gasteiger partial charge in [-0.25, -0.2) is 4.98 Å². The van der Waals surface area contributed by atoms with Crippen molar-refractivity contribution >= 4 is 62.2 Å². The quantitative estimate of drug-likeness (QED) is 0.337. The van der Waals surface area contributed by atoms with Gasteiger partial charge < -0.3 is 10.6 Å². The number of thiazole rings is 1. The van der Waals surface area contributed by atoms with Crippen molar-refractivity contribution in [3.63, 3.8) is 0 Å². The van der Waals surface area contributed by atoms with E-state index >= 15 is 0 Å². The van der Waals surface area contributed by atoms with Crippen molar-refractivity contribution in [2.75, 3.05) is 16.4 Å². The molecule has 144 valence electrons. The number of amides is 2. The number of carbonyl (C=O) groups excluding carboxylic acids is 2. The van der Waals surface area contributed by atoms with Crippen molar-refractivity contribution in [2.45, 2.75) is 17.7 Å². The SMILES string of the molecule is CCC(=O)Nc1ccc2nc(SCC(=O)Nc3ccccc3[N+](=O)[O-])sc2c1. The standard InChI is InChI=1S/C18H16N4O4S2/c1-2-16(23)19-11-7-8-13-15(9-11)28-18(21-13)27-10-17(24)20-12-5-3-4-6-14(12)22(25)26/h3-9H,2,10H2,1H3,(H,19,23)(H,20,24). The number of nitro benzene ring substituents is 1. The fourth-order valence-corrected chi connectivity index (χ4v) is 4.25. The highest BCUT2D eigenvalue weighted by molar-refractivity contribution is 8.01. The van der Waals surface area contributed by atoms with Crippen LogP contribution in [0.3, 0.4) is 0 Å². The van der Waals surface area contributed by atoms with E-state index in [1.807, 2.05) is 12.1 Å². The minimum absolute atomic E-state index is 0.0647. The molecule has 28 heavy (non-hydrogen) atoms. The van der Waals surface area contributed by atoms with E-state index in [1.54, 1.807) is 25.1 Å². The molecule has 0 atom stereocenters. The monoisotopic (exact) mass is 416 g/mol. The van der Waals surface area contributed by atoms with Gasteiger partial charge in [-0.15, -0.1) is 11.3 Å². The second-order valence-electron chi connectivity index (χ2n) is 5.68. The molecular formula is C18H16N4O4S2. The number of thioether (sulfide) groups is 1. The number of benzene rings is 2. The second-order valence-corrected chi connectivity index (χ2v) is 7.93. The van der Waals surface area contributed by atoms with Gasteiger partial charge in [0.1, 0.15) is 5.69 Å². The molecule has 0 fully saturated rings. The number of nitrogens with one attached hydrogen (secondary N) is 2. The zero-order valence-electron chi connectivity index (χ0n) is 14.8. The molecule has 0 saturated heterocycles. The van der Waals surface area contributed by atoms with Crippen molar-refractivity contribution in [2.24, 2.45) is 0 Å². The van der Waals surface area contributed by atoms with Crippen LogP contribution in [0.2, 0.25) is 0 Å². The first-order chi connectivity index (χ1) is 13.5. The number of hydrogen-bond donors (Lipinski definition) is 2. The topological polar surface area (TPSA) is 114 Å². The van der Waals surface area contributed by atoms with Crippen LogP contribution < -0.4 is 10.6 Å². The summed E-state index contributed by atoms with van der Waals surface area (Å²) in [5, 5.41) is 16.4. The number of hydrogen-bond acceptors (Lipinski definition) is 7. The Kier molecular flexibility index (Phi) is 6.22. The molecule has 0 spiro atoms. The van der Waals surface area contributed by atoms with E-state index in [4.69, 9.17) is 0 Å². The lowest BCUT2D eigenvalue weighted by Gasteiger charge is -2.04. The number of para-hydroxylation sites is 2. The first-order valence-electron chi connectivity index (χ1n) is 8.32. The first kappa shape index (κ1) is 19.8. The number of nitrogens with zero attached hydrogens (tertiary/aromatic N) is 2. The molecule has 0 aliphatic heterocycles. The predicted octanol–water partition coefficient (Wildman–Crippen LogP) is 4.28. The van der Waals surface area contributed by atoms with Gasteiger partial charge >= 0.3 is 0 Å². The molecule has 3 rings (SSSR count). The minimum Gasteiger partial charge on any atom is -0.326 e. The molecular weight excluding hydrogens is 400 g/mol. The highest BCUT2D eigenvalue weighted by atomic mass is 32.2. The fraction of sp³-hybridized carbons (Fsp3) is 0.167. The Hall–Kier alpha value is -2.98. The molecule has 1 aromatic heterocycles. The van der Waals surface area contributed by atoms with Crippen LogP contribution in [-0.2, 0) is 9.59 Å². The molecule has 10 heteroatoms. The summed E-state index contributed by atoms with van der Waals surface area (Å²) in [6.45, 7) is 1.78. The number of aromatic nitrogens is 1. The maximum atomic E-state index is 12.2. The summed E-state index contributed by atoms with van der Waals surface area (Å²) in [5.74, 6) is -0.342. The number of fused-ring (bicyclic) bond motifs is 1. The van der Waals surface area contributed by atoms with Crippen LogP contribution in [0.4, 0.5) is 17.1 Å². The summed E-state index contributed by atoms with van der Waals surface area (Å²) in [6.07, 6.45) is 0.399. The fourth-order valence-electron chi connectivity index (χ4n) is 2.34. The van der Waals surface area contributed by atoms with E-state index in [2.05, 4.69) is 15.6 Å². The molecule has 2 aromatic carbocycles. The van der Waals surface area contributed by atoms with E-state index in [1.165, 1.54) is 35.2 Å². The second kappa shape index (κ2) is 8.81. The zero-order valence-corrected chi connectivity index (χ0v) is 16.4. The lowest BCUT2D eigenvalue weighted by molar-refractivity contribution is -0.383. The predicted molar refractivity (Wildman–Crippen MR) is 111 cm³/mol. The summed E-state index contributed by atoms with van der Waals surface area (Å²) in [5.41, 5.74) is 1.50. The maximum absolute atomic E-state index is 12.2. The van der Waals surface area contributed by atoms with Crippen molar-refractivity contribution in [1.29, 1.82) is 0 Å². The Morgan fingerprint density at radius 1 is 1.18 bits per heavy atom. The smallest absolute Gasteiger partial charge is 0.292 e. The van der Waals surface area contributed by atoms with Gasteiger partial charge in [-0.2, -0.15) is 0 Å². The molecule has 8 nitrogen and oxygen atoms in total. The maximum Gasteiger partial charge on any atom is 0.292 e. The zero-order chi connectivity index (χ0) is 20.1. The number of nitro groups is 1. The molecule has 0 aliphatic carbocycles. The van der Waals surface area contributed by atoms with Gasteiger partial charge in [0, 0.05) is 18.2 Å². The Bertz CT molecular complexity index is 1050. The molecule has 0 radical (unpaired) electrons. The third kappa shape index (κ3) is 4.84. The van der Waals surface area contributed by atoms with Crippen LogP contribution in [0, 0.1) is 10.1 Å². The van der Waals surface area contributed by atoms with Crippen LogP contribution in [0.5, 0.6) is 0 Å². The summed E-state index contributed by atoms with van der Waals surface area (Å²) >= 11 is 2.66. The molecule has 2 N–H and O–H groups in total. The molecule has 0 bridgehead atoms. The number of carbonyl (C=O) groups is 2. The molecule has 1 heterocycles. The van der Waals surface area contributed by atoms with E-state index in [9.17, 15) is 19.7 Å².